The van der Waals surface area contributed by atoms with Crippen molar-refractivity contribution in [2.75, 3.05) is 21.3 Å². The van der Waals surface area contributed by atoms with Gasteiger partial charge in [-0.3, -0.25) is 5.73 Å². The Bertz CT molecular complexity index is 388. The first kappa shape index (κ1) is 13.6. The van der Waals surface area contributed by atoms with E-state index in [2.05, 4.69) is 4.74 Å². The van der Waals surface area contributed by atoms with Gasteiger partial charge in [0.25, 0.3) is 0 Å². The van der Waals surface area contributed by atoms with Crippen LogP contribution in [0.25, 0.3) is 0 Å². The Morgan fingerprint density at radius 2 is 1.94 bits per heavy atom. The van der Waals surface area contributed by atoms with Crippen LogP contribution in [0.2, 0.25) is 0 Å². The van der Waals surface area contributed by atoms with Crippen LogP contribution in [0.3, 0.4) is 0 Å². The molecule has 0 unspecified atom stereocenters. The van der Waals surface area contributed by atoms with E-state index in [9.17, 15) is 4.79 Å². The third-order valence-electron chi connectivity index (χ3n) is 2.49. The van der Waals surface area contributed by atoms with Gasteiger partial charge in [-0.15, -0.1) is 0 Å². The minimum atomic E-state index is -1.19. The second-order valence-corrected chi connectivity index (χ2v) is 3.59. The lowest BCUT2D eigenvalue weighted by Gasteiger charge is -2.25. The Kier molecular flexibility index (Phi) is 4.62. The number of hydrogen-bond acceptors (Lipinski definition) is 5. The van der Waals surface area contributed by atoms with Crippen LogP contribution in [0.4, 0.5) is 0 Å². The van der Waals surface area contributed by atoms with Crippen molar-refractivity contribution in [2.45, 2.75) is 12.3 Å². The van der Waals surface area contributed by atoms with Crippen molar-refractivity contribution in [3.63, 3.8) is 0 Å². The maximum Gasteiger partial charge on any atom is 0.337 e. The van der Waals surface area contributed by atoms with Crippen molar-refractivity contribution in [1.29, 1.82) is 0 Å². The fourth-order valence-electron chi connectivity index (χ4n) is 1.44. The molecule has 94 valence electrons. The number of hydrogen-bond donors (Lipinski definition) is 1. The van der Waals surface area contributed by atoms with Crippen molar-refractivity contribution < 1.29 is 19.0 Å². The number of nitrogens with two attached hydrogens (primary N) is 1. The summed E-state index contributed by atoms with van der Waals surface area (Å²) in [4.78, 5) is 11.4. The highest BCUT2D eigenvalue weighted by Crippen LogP contribution is 2.14. The number of carbonyl (C=O) groups is 1. The summed E-state index contributed by atoms with van der Waals surface area (Å²) in [6.45, 7) is 0. The van der Waals surface area contributed by atoms with Crippen molar-refractivity contribution in [1.82, 2.24) is 0 Å². The Hall–Kier alpha value is -1.43. The molecule has 5 nitrogen and oxygen atoms in total. The number of benzene rings is 1. The Balaban J connectivity index is 2.89. The van der Waals surface area contributed by atoms with Gasteiger partial charge in [-0.1, -0.05) is 12.1 Å². The maximum atomic E-state index is 11.4. The normalized spacial score (nSPS) is 11.3. The van der Waals surface area contributed by atoms with Gasteiger partial charge in [0.1, 0.15) is 0 Å². The summed E-state index contributed by atoms with van der Waals surface area (Å²) in [5.41, 5.74) is 7.13. The Morgan fingerprint density at radius 3 is 2.47 bits per heavy atom. The summed E-state index contributed by atoms with van der Waals surface area (Å²) in [5.74, 6) is -1.57. The summed E-state index contributed by atoms with van der Waals surface area (Å²) < 4.78 is 14.8. The second-order valence-electron chi connectivity index (χ2n) is 3.59. The third-order valence-corrected chi connectivity index (χ3v) is 2.49. The Labute approximate surface area is 100 Å². The zero-order valence-electron chi connectivity index (χ0n) is 10.2. The topological polar surface area (TPSA) is 70.8 Å². The van der Waals surface area contributed by atoms with Gasteiger partial charge in [-0.05, 0) is 17.7 Å². The zero-order valence-corrected chi connectivity index (χ0v) is 10.2. The summed E-state index contributed by atoms with van der Waals surface area (Å²) in [6, 6.07) is 6.97. The molecule has 1 rings (SSSR count). The first-order valence-corrected chi connectivity index (χ1v) is 5.11. The highest BCUT2D eigenvalue weighted by Gasteiger charge is 2.24. The van der Waals surface area contributed by atoms with E-state index in [1.165, 1.54) is 21.3 Å². The molecule has 0 spiro atoms. The van der Waals surface area contributed by atoms with Crippen LogP contribution in [-0.4, -0.2) is 33.2 Å². The smallest absolute Gasteiger partial charge is 0.337 e. The van der Waals surface area contributed by atoms with E-state index in [0.717, 1.165) is 5.56 Å². The fraction of sp³-hybridized carbons (Fsp3) is 0.417. The van der Waals surface area contributed by atoms with Crippen LogP contribution in [0.1, 0.15) is 15.9 Å². The van der Waals surface area contributed by atoms with Crippen LogP contribution in [0, 0.1) is 0 Å². The van der Waals surface area contributed by atoms with Crippen molar-refractivity contribution in [3.05, 3.63) is 35.4 Å². The molecule has 1 aromatic carbocycles. The minimum Gasteiger partial charge on any atom is -0.465 e. The SMILES string of the molecule is COC(=O)c1cccc(CC(N)(OC)OC)c1. The van der Waals surface area contributed by atoms with Crippen molar-refractivity contribution in [2.24, 2.45) is 5.73 Å². The molecule has 0 bridgehead atoms. The zero-order chi connectivity index (χ0) is 12.9. The van der Waals surface area contributed by atoms with Crippen LogP contribution in [0.5, 0.6) is 0 Å². The average molecular weight is 239 g/mol. The van der Waals surface area contributed by atoms with E-state index in [4.69, 9.17) is 15.2 Å². The van der Waals surface area contributed by atoms with Gasteiger partial charge in [0.15, 0.2) is 0 Å². The van der Waals surface area contributed by atoms with Crippen LogP contribution >= 0.6 is 0 Å². The molecule has 0 aliphatic rings. The minimum absolute atomic E-state index is 0.338. The van der Waals surface area contributed by atoms with E-state index < -0.39 is 5.91 Å². The van der Waals surface area contributed by atoms with Crippen LogP contribution in [-0.2, 0) is 20.6 Å². The number of rotatable bonds is 5. The van der Waals surface area contributed by atoms with Crippen LogP contribution in [0.15, 0.2) is 24.3 Å². The molecule has 17 heavy (non-hydrogen) atoms. The first-order chi connectivity index (χ1) is 8.04. The van der Waals surface area contributed by atoms with E-state index in [-0.39, 0.29) is 5.97 Å². The first-order valence-electron chi connectivity index (χ1n) is 5.11. The second kappa shape index (κ2) is 5.77. The van der Waals surface area contributed by atoms with Gasteiger partial charge in [0.05, 0.1) is 12.7 Å². The highest BCUT2D eigenvalue weighted by atomic mass is 16.7. The standard InChI is InChI=1S/C12H17NO4/c1-15-11(14)10-6-4-5-9(7-10)8-12(13,16-2)17-3/h4-7H,8,13H2,1-3H3. The quantitative estimate of drug-likeness (QED) is 0.611. The molecule has 0 amide bonds. The number of ether oxygens (including phenoxy) is 3. The highest BCUT2D eigenvalue weighted by molar-refractivity contribution is 5.89. The molecule has 0 saturated heterocycles. The molecule has 2 N–H and O–H groups in total. The molecule has 0 radical (unpaired) electrons. The van der Waals surface area contributed by atoms with E-state index in [0.29, 0.717) is 12.0 Å². The van der Waals surface area contributed by atoms with E-state index in [1.807, 2.05) is 6.07 Å². The molecular weight excluding hydrogens is 222 g/mol. The molecule has 1 aromatic rings. The maximum absolute atomic E-state index is 11.4. The van der Waals surface area contributed by atoms with Gasteiger partial charge in [-0.25, -0.2) is 4.79 Å². The van der Waals surface area contributed by atoms with Gasteiger partial charge in [0.2, 0.25) is 5.91 Å². The van der Waals surface area contributed by atoms with Gasteiger partial charge >= 0.3 is 5.97 Å². The lowest BCUT2D eigenvalue weighted by molar-refractivity contribution is -0.201. The number of methoxy groups -OCH3 is 3. The lowest BCUT2D eigenvalue weighted by Crippen LogP contribution is -2.45. The van der Waals surface area contributed by atoms with E-state index in [1.54, 1.807) is 18.2 Å². The van der Waals surface area contributed by atoms with E-state index >= 15 is 0 Å². The molecule has 0 aliphatic carbocycles. The summed E-state index contributed by atoms with van der Waals surface area (Å²) in [7, 11) is 4.27. The third kappa shape index (κ3) is 3.52. The predicted molar refractivity (Wildman–Crippen MR) is 62.4 cm³/mol. The summed E-state index contributed by atoms with van der Waals surface area (Å²) in [5, 5.41) is 0. The molecule has 0 aliphatic heterocycles. The monoisotopic (exact) mass is 239 g/mol. The van der Waals surface area contributed by atoms with Crippen molar-refractivity contribution >= 4 is 5.97 Å². The average Bonchev–Trinajstić information content (AvgIpc) is 2.38. The molecule has 0 fully saturated rings. The number of esters is 1. The molecule has 0 saturated carbocycles. The lowest BCUT2D eigenvalue weighted by atomic mass is 10.1. The molecular formula is C12H17NO4. The molecule has 0 atom stereocenters. The summed E-state index contributed by atoms with van der Waals surface area (Å²) >= 11 is 0. The molecule has 5 heteroatoms. The van der Waals surface area contributed by atoms with Gasteiger partial charge < -0.3 is 14.2 Å². The van der Waals surface area contributed by atoms with Gasteiger partial charge in [-0.2, -0.15) is 0 Å². The predicted octanol–water partition coefficient (Wildman–Crippen LogP) is 0.921. The fourth-order valence-corrected chi connectivity index (χ4v) is 1.44. The largest absolute Gasteiger partial charge is 0.465 e. The number of carbonyl (C=O) groups excluding carboxylic acids is 1. The molecule has 0 heterocycles. The van der Waals surface area contributed by atoms with Gasteiger partial charge in [0, 0.05) is 20.6 Å². The molecule has 0 aromatic heterocycles. The summed E-state index contributed by atoms with van der Waals surface area (Å²) in [6.07, 6.45) is 0.338. The van der Waals surface area contributed by atoms with Crippen LogP contribution < -0.4 is 5.73 Å². The Morgan fingerprint density at radius 1 is 1.29 bits per heavy atom. The van der Waals surface area contributed by atoms with Crippen molar-refractivity contribution in [3.8, 4) is 0 Å².